The normalized spacial score (nSPS) is 17.9. The first-order valence-electron chi connectivity index (χ1n) is 2.52. The van der Waals surface area contributed by atoms with Gasteiger partial charge in [0, 0.05) is 5.71 Å². The highest BCUT2D eigenvalue weighted by Crippen LogP contribution is 2.11. The summed E-state index contributed by atoms with van der Waals surface area (Å²) in [6, 6.07) is 1.95. The molecule has 0 saturated heterocycles. The smallest absolute Gasteiger partial charge is 0.101 e. The van der Waals surface area contributed by atoms with E-state index in [1.807, 2.05) is 12.1 Å². The SMILES string of the molecule is N#CC1=CCCC1=N. The number of nitriles is 1. The van der Waals surface area contributed by atoms with Crippen LogP contribution in [-0.2, 0) is 0 Å². The number of nitrogens with zero attached hydrogens (tertiary/aromatic N) is 1. The van der Waals surface area contributed by atoms with E-state index in [1.165, 1.54) is 0 Å². The Hall–Kier alpha value is -1.10. The molecule has 0 spiro atoms. The van der Waals surface area contributed by atoms with Gasteiger partial charge in [0.2, 0.25) is 0 Å². The largest absolute Gasteiger partial charge is 0.304 e. The fourth-order valence-electron chi connectivity index (χ4n) is 0.732. The fourth-order valence-corrected chi connectivity index (χ4v) is 0.732. The van der Waals surface area contributed by atoms with Gasteiger partial charge in [-0.25, -0.2) is 0 Å². The Bertz CT molecular complexity index is 183. The third-order valence-electron chi connectivity index (χ3n) is 1.19. The minimum Gasteiger partial charge on any atom is -0.304 e. The van der Waals surface area contributed by atoms with E-state index in [0.717, 1.165) is 12.8 Å². The summed E-state index contributed by atoms with van der Waals surface area (Å²) in [5, 5.41) is 15.4. The molecule has 0 aromatic heterocycles. The second kappa shape index (κ2) is 1.79. The van der Waals surface area contributed by atoms with Crippen molar-refractivity contribution in [1.29, 1.82) is 10.7 Å². The van der Waals surface area contributed by atoms with E-state index in [4.69, 9.17) is 10.7 Å². The molecule has 1 rings (SSSR count). The van der Waals surface area contributed by atoms with Crippen LogP contribution in [0.1, 0.15) is 12.8 Å². The lowest BCUT2D eigenvalue weighted by molar-refractivity contribution is 1.13. The molecule has 1 aliphatic carbocycles. The molecule has 0 atom stereocenters. The van der Waals surface area contributed by atoms with Crippen LogP contribution in [0.25, 0.3) is 0 Å². The predicted octanol–water partition coefficient (Wildman–Crippen LogP) is 1.25. The third kappa shape index (κ3) is 0.627. The Morgan fingerprint density at radius 1 is 1.75 bits per heavy atom. The Kier molecular flexibility index (Phi) is 1.13. The van der Waals surface area contributed by atoms with Crippen LogP contribution < -0.4 is 0 Å². The molecule has 40 valence electrons. The highest BCUT2D eigenvalue weighted by Gasteiger charge is 2.08. The highest BCUT2D eigenvalue weighted by atomic mass is 14.4. The van der Waals surface area contributed by atoms with Gasteiger partial charge in [-0.05, 0) is 12.8 Å². The Balaban J connectivity index is 2.81. The van der Waals surface area contributed by atoms with Gasteiger partial charge in [-0.15, -0.1) is 0 Å². The molecule has 0 aromatic carbocycles. The molecule has 0 radical (unpaired) electrons. The molecule has 0 amide bonds. The summed E-state index contributed by atoms with van der Waals surface area (Å²) in [5.41, 5.74) is 1.05. The molecule has 0 fully saturated rings. The van der Waals surface area contributed by atoms with Crippen molar-refractivity contribution in [2.45, 2.75) is 12.8 Å². The van der Waals surface area contributed by atoms with E-state index in [2.05, 4.69) is 0 Å². The molecule has 1 N–H and O–H groups in total. The van der Waals surface area contributed by atoms with Gasteiger partial charge in [0.25, 0.3) is 0 Å². The monoisotopic (exact) mass is 106 g/mol. The molecular formula is C6H6N2. The van der Waals surface area contributed by atoms with Crippen molar-refractivity contribution in [3.8, 4) is 6.07 Å². The van der Waals surface area contributed by atoms with Crippen LogP contribution in [-0.4, -0.2) is 5.71 Å². The van der Waals surface area contributed by atoms with Gasteiger partial charge < -0.3 is 5.41 Å². The maximum absolute atomic E-state index is 8.28. The van der Waals surface area contributed by atoms with Crippen LogP contribution in [0.15, 0.2) is 11.6 Å². The Morgan fingerprint density at radius 2 is 2.50 bits per heavy atom. The molecule has 0 unspecified atom stereocenters. The van der Waals surface area contributed by atoms with Crippen molar-refractivity contribution in [2.75, 3.05) is 0 Å². The molecular weight excluding hydrogens is 100 g/mol. The summed E-state index contributed by atoms with van der Waals surface area (Å²) in [6.07, 6.45) is 3.44. The van der Waals surface area contributed by atoms with Crippen molar-refractivity contribution in [1.82, 2.24) is 0 Å². The molecule has 0 saturated carbocycles. The molecule has 0 bridgehead atoms. The van der Waals surface area contributed by atoms with Crippen LogP contribution >= 0.6 is 0 Å². The van der Waals surface area contributed by atoms with E-state index < -0.39 is 0 Å². The summed E-state index contributed by atoms with van der Waals surface area (Å²) in [7, 11) is 0. The molecule has 1 aliphatic rings. The molecule has 2 nitrogen and oxygen atoms in total. The first-order valence-corrected chi connectivity index (χ1v) is 2.52. The van der Waals surface area contributed by atoms with Crippen molar-refractivity contribution in [2.24, 2.45) is 0 Å². The van der Waals surface area contributed by atoms with Gasteiger partial charge in [0.15, 0.2) is 0 Å². The highest BCUT2D eigenvalue weighted by molar-refractivity contribution is 6.03. The van der Waals surface area contributed by atoms with Gasteiger partial charge in [-0.1, -0.05) is 6.08 Å². The lowest BCUT2D eigenvalue weighted by Gasteiger charge is -1.83. The van der Waals surface area contributed by atoms with Gasteiger partial charge in [-0.3, -0.25) is 0 Å². The zero-order valence-corrected chi connectivity index (χ0v) is 4.44. The summed E-state index contributed by atoms with van der Waals surface area (Å²) in [5.74, 6) is 0. The summed E-state index contributed by atoms with van der Waals surface area (Å²) in [4.78, 5) is 0. The van der Waals surface area contributed by atoms with E-state index in [0.29, 0.717) is 11.3 Å². The standard InChI is InChI=1S/C6H6N2/c7-4-5-2-1-3-6(5)8/h2,8H,1,3H2. The molecule has 0 aromatic rings. The zero-order valence-electron chi connectivity index (χ0n) is 4.44. The minimum atomic E-state index is 0.493. The van der Waals surface area contributed by atoms with E-state index in [-0.39, 0.29) is 0 Å². The Morgan fingerprint density at radius 3 is 2.75 bits per heavy atom. The fraction of sp³-hybridized carbons (Fsp3) is 0.333. The van der Waals surface area contributed by atoms with Crippen LogP contribution in [0, 0.1) is 16.7 Å². The number of nitrogens with one attached hydrogen (secondary N) is 1. The lowest BCUT2D eigenvalue weighted by Crippen LogP contribution is -1.89. The predicted molar refractivity (Wildman–Crippen MR) is 30.7 cm³/mol. The molecule has 0 heterocycles. The summed E-state index contributed by atoms with van der Waals surface area (Å²) in [6.45, 7) is 0. The average Bonchev–Trinajstić information content (AvgIpc) is 2.14. The first-order chi connectivity index (χ1) is 3.84. The Labute approximate surface area is 47.9 Å². The molecule has 2 heteroatoms. The van der Waals surface area contributed by atoms with Crippen LogP contribution in [0.5, 0.6) is 0 Å². The quantitative estimate of drug-likeness (QED) is 0.496. The maximum atomic E-state index is 8.28. The van der Waals surface area contributed by atoms with E-state index in [9.17, 15) is 0 Å². The van der Waals surface area contributed by atoms with Crippen LogP contribution in [0.3, 0.4) is 0 Å². The van der Waals surface area contributed by atoms with Gasteiger partial charge >= 0.3 is 0 Å². The van der Waals surface area contributed by atoms with Gasteiger partial charge in [-0.2, -0.15) is 5.26 Å². The second-order valence-corrected chi connectivity index (χ2v) is 1.75. The summed E-state index contributed by atoms with van der Waals surface area (Å²) >= 11 is 0. The van der Waals surface area contributed by atoms with Crippen molar-refractivity contribution < 1.29 is 0 Å². The maximum Gasteiger partial charge on any atom is 0.101 e. The van der Waals surface area contributed by atoms with Crippen molar-refractivity contribution in [3.05, 3.63) is 11.6 Å². The first kappa shape index (κ1) is 5.04. The van der Waals surface area contributed by atoms with Crippen molar-refractivity contribution in [3.63, 3.8) is 0 Å². The molecule has 8 heavy (non-hydrogen) atoms. The van der Waals surface area contributed by atoms with Crippen LogP contribution in [0.2, 0.25) is 0 Å². The summed E-state index contributed by atoms with van der Waals surface area (Å²) < 4.78 is 0. The van der Waals surface area contributed by atoms with Gasteiger partial charge in [0.05, 0.1) is 5.57 Å². The van der Waals surface area contributed by atoms with Crippen molar-refractivity contribution >= 4 is 5.71 Å². The van der Waals surface area contributed by atoms with E-state index >= 15 is 0 Å². The number of allylic oxidation sites excluding steroid dienone is 2. The van der Waals surface area contributed by atoms with Gasteiger partial charge in [0.1, 0.15) is 6.07 Å². The zero-order chi connectivity index (χ0) is 5.98. The minimum absolute atomic E-state index is 0.493. The second-order valence-electron chi connectivity index (χ2n) is 1.75. The lowest BCUT2D eigenvalue weighted by atomic mass is 10.2. The average molecular weight is 106 g/mol. The van der Waals surface area contributed by atoms with Crippen LogP contribution in [0.4, 0.5) is 0 Å². The topological polar surface area (TPSA) is 47.6 Å². The number of hydrogen-bond donors (Lipinski definition) is 1. The third-order valence-corrected chi connectivity index (χ3v) is 1.19. The van der Waals surface area contributed by atoms with E-state index in [1.54, 1.807) is 0 Å². The number of rotatable bonds is 0. The number of hydrogen-bond acceptors (Lipinski definition) is 2. The molecule has 0 aliphatic heterocycles.